The first-order valence-electron chi connectivity index (χ1n) is 7.10. The monoisotopic (exact) mass is 264 g/mol. The van der Waals surface area contributed by atoms with Crippen molar-refractivity contribution in [1.82, 2.24) is 15.1 Å². The molecule has 1 N–H and O–H groups in total. The molecule has 5 heteroatoms. The molecule has 1 atom stereocenters. The van der Waals surface area contributed by atoms with Crippen molar-refractivity contribution in [1.29, 1.82) is 0 Å². The van der Waals surface area contributed by atoms with Crippen molar-refractivity contribution in [3.05, 3.63) is 18.3 Å². The third kappa shape index (κ3) is 4.14. The third-order valence-corrected chi connectivity index (χ3v) is 3.69. The zero-order chi connectivity index (χ0) is 13.7. The Bertz CT molecular complexity index is 371. The molecule has 19 heavy (non-hydrogen) atoms. The molecule has 0 aromatic carbocycles. The quantitative estimate of drug-likeness (QED) is 0.879. The standard InChI is InChI=1S/C14H24N4O/c1-12(2)13(19)11-17-7-4-8-18(10-9-17)14-5-3-6-15-16-14/h3,5-6,12-13,19H,4,7-11H2,1-2H3. The number of rotatable bonds is 4. The van der Waals surface area contributed by atoms with Gasteiger partial charge in [-0.05, 0) is 31.0 Å². The van der Waals surface area contributed by atoms with Gasteiger partial charge in [0.05, 0.1) is 6.10 Å². The summed E-state index contributed by atoms with van der Waals surface area (Å²) in [4.78, 5) is 4.62. The van der Waals surface area contributed by atoms with Crippen LogP contribution in [0.25, 0.3) is 0 Å². The van der Waals surface area contributed by atoms with Crippen molar-refractivity contribution >= 4 is 5.82 Å². The summed E-state index contributed by atoms with van der Waals surface area (Å²) >= 11 is 0. The molecular weight excluding hydrogens is 240 g/mol. The summed E-state index contributed by atoms with van der Waals surface area (Å²) in [6.45, 7) is 8.87. The van der Waals surface area contributed by atoms with Crippen LogP contribution < -0.4 is 4.90 Å². The Morgan fingerprint density at radius 3 is 2.79 bits per heavy atom. The van der Waals surface area contributed by atoms with Crippen molar-refractivity contribution in [2.24, 2.45) is 5.92 Å². The molecule has 1 fully saturated rings. The van der Waals surface area contributed by atoms with Crippen molar-refractivity contribution < 1.29 is 5.11 Å². The molecule has 0 radical (unpaired) electrons. The molecule has 1 saturated heterocycles. The maximum absolute atomic E-state index is 9.98. The van der Waals surface area contributed by atoms with E-state index in [1.54, 1.807) is 6.20 Å². The van der Waals surface area contributed by atoms with Gasteiger partial charge in [0.25, 0.3) is 0 Å². The highest BCUT2D eigenvalue weighted by atomic mass is 16.3. The van der Waals surface area contributed by atoms with Gasteiger partial charge < -0.3 is 10.0 Å². The highest BCUT2D eigenvalue weighted by Gasteiger charge is 2.19. The molecule has 2 heterocycles. The van der Waals surface area contributed by atoms with Crippen LogP contribution >= 0.6 is 0 Å². The smallest absolute Gasteiger partial charge is 0.151 e. The molecule has 0 spiro atoms. The Morgan fingerprint density at radius 1 is 1.26 bits per heavy atom. The Kier molecular flexibility index (Phi) is 5.10. The fraction of sp³-hybridized carbons (Fsp3) is 0.714. The highest BCUT2D eigenvalue weighted by molar-refractivity contribution is 5.36. The maximum atomic E-state index is 9.98. The van der Waals surface area contributed by atoms with Crippen LogP contribution in [0.5, 0.6) is 0 Å². The molecule has 1 aliphatic heterocycles. The lowest BCUT2D eigenvalue weighted by molar-refractivity contribution is 0.0790. The van der Waals surface area contributed by atoms with Crippen molar-refractivity contribution in [3.63, 3.8) is 0 Å². The number of anilines is 1. The first kappa shape index (κ1) is 14.2. The van der Waals surface area contributed by atoms with Gasteiger partial charge in [0.2, 0.25) is 0 Å². The predicted molar refractivity (Wildman–Crippen MR) is 76.1 cm³/mol. The molecular formula is C14H24N4O. The summed E-state index contributed by atoms with van der Waals surface area (Å²) in [6.07, 6.45) is 2.57. The summed E-state index contributed by atoms with van der Waals surface area (Å²) in [6, 6.07) is 3.93. The van der Waals surface area contributed by atoms with Crippen LogP contribution in [0.15, 0.2) is 18.3 Å². The SMILES string of the molecule is CC(C)C(O)CN1CCCN(c2cccnn2)CC1. The number of aliphatic hydroxyl groups excluding tert-OH is 1. The lowest BCUT2D eigenvalue weighted by Crippen LogP contribution is -2.37. The number of aliphatic hydroxyl groups is 1. The van der Waals surface area contributed by atoms with Gasteiger partial charge in [0.15, 0.2) is 5.82 Å². The summed E-state index contributed by atoms with van der Waals surface area (Å²) < 4.78 is 0. The van der Waals surface area contributed by atoms with E-state index in [1.807, 2.05) is 12.1 Å². The second-order valence-electron chi connectivity index (χ2n) is 5.53. The van der Waals surface area contributed by atoms with Gasteiger partial charge in [-0.2, -0.15) is 5.10 Å². The molecule has 1 aromatic heterocycles. The van der Waals surface area contributed by atoms with Crippen LogP contribution in [-0.4, -0.2) is 59.0 Å². The van der Waals surface area contributed by atoms with E-state index in [9.17, 15) is 5.11 Å². The van der Waals surface area contributed by atoms with E-state index in [1.165, 1.54) is 0 Å². The fourth-order valence-electron chi connectivity index (χ4n) is 2.32. The zero-order valence-electron chi connectivity index (χ0n) is 11.9. The number of aromatic nitrogens is 2. The minimum atomic E-state index is -0.233. The van der Waals surface area contributed by atoms with Gasteiger partial charge in [0.1, 0.15) is 0 Å². The largest absolute Gasteiger partial charge is 0.392 e. The minimum Gasteiger partial charge on any atom is -0.392 e. The van der Waals surface area contributed by atoms with Crippen molar-refractivity contribution in [2.45, 2.75) is 26.4 Å². The van der Waals surface area contributed by atoms with Crippen LogP contribution in [-0.2, 0) is 0 Å². The number of nitrogens with zero attached hydrogens (tertiary/aromatic N) is 4. The number of β-amino-alcohol motifs (C(OH)–C–C–N with tert-alkyl or cyclic N) is 1. The van der Waals surface area contributed by atoms with E-state index < -0.39 is 0 Å². The lowest BCUT2D eigenvalue weighted by Gasteiger charge is -2.25. The summed E-state index contributed by atoms with van der Waals surface area (Å²) in [7, 11) is 0. The van der Waals surface area contributed by atoms with E-state index in [0.717, 1.165) is 45.0 Å². The van der Waals surface area contributed by atoms with Crippen LogP contribution in [0.1, 0.15) is 20.3 Å². The Hall–Kier alpha value is -1.20. The van der Waals surface area contributed by atoms with Gasteiger partial charge >= 0.3 is 0 Å². The van der Waals surface area contributed by atoms with Crippen molar-refractivity contribution in [2.75, 3.05) is 37.6 Å². The van der Waals surface area contributed by atoms with Gasteiger partial charge in [-0.15, -0.1) is 5.10 Å². The van der Waals surface area contributed by atoms with Crippen LogP contribution in [0.4, 0.5) is 5.82 Å². The van der Waals surface area contributed by atoms with Crippen LogP contribution in [0.3, 0.4) is 0 Å². The van der Waals surface area contributed by atoms with E-state index in [-0.39, 0.29) is 6.10 Å². The third-order valence-electron chi connectivity index (χ3n) is 3.69. The van der Waals surface area contributed by atoms with Crippen LogP contribution in [0.2, 0.25) is 0 Å². The lowest BCUT2D eigenvalue weighted by atomic mass is 10.1. The maximum Gasteiger partial charge on any atom is 0.151 e. The van der Waals surface area contributed by atoms with E-state index >= 15 is 0 Å². The summed E-state index contributed by atoms with van der Waals surface area (Å²) in [5, 5.41) is 18.1. The van der Waals surface area contributed by atoms with Gasteiger partial charge in [-0.25, -0.2) is 0 Å². The van der Waals surface area contributed by atoms with Crippen molar-refractivity contribution in [3.8, 4) is 0 Å². The average Bonchev–Trinajstić information content (AvgIpc) is 2.65. The average molecular weight is 264 g/mol. The first-order valence-corrected chi connectivity index (χ1v) is 7.10. The second kappa shape index (κ2) is 6.82. The summed E-state index contributed by atoms with van der Waals surface area (Å²) in [5.74, 6) is 1.27. The topological polar surface area (TPSA) is 52.5 Å². The Labute approximate surface area is 115 Å². The predicted octanol–water partition coefficient (Wildman–Crippen LogP) is 1.01. The fourth-order valence-corrected chi connectivity index (χ4v) is 2.32. The zero-order valence-corrected chi connectivity index (χ0v) is 11.9. The van der Waals surface area contributed by atoms with Crippen LogP contribution in [0, 0.1) is 5.92 Å². The Balaban J connectivity index is 1.88. The molecule has 2 rings (SSSR count). The summed E-state index contributed by atoms with van der Waals surface area (Å²) in [5.41, 5.74) is 0. The second-order valence-corrected chi connectivity index (χ2v) is 5.53. The highest BCUT2D eigenvalue weighted by Crippen LogP contribution is 2.13. The molecule has 0 bridgehead atoms. The Morgan fingerprint density at radius 2 is 2.11 bits per heavy atom. The van der Waals surface area contributed by atoms with E-state index in [4.69, 9.17) is 0 Å². The van der Waals surface area contributed by atoms with E-state index in [0.29, 0.717) is 5.92 Å². The molecule has 1 aliphatic rings. The van der Waals surface area contributed by atoms with Gasteiger partial charge in [0, 0.05) is 32.4 Å². The number of hydrogen-bond acceptors (Lipinski definition) is 5. The molecule has 0 aliphatic carbocycles. The minimum absolute atomic E-state index is 0.233. The van der Waals surface area contributed by atoms with E-state index in [2.05, 4.69) is 33.8 Å². The van der Waals surface area contributed by atoms with Gasteiger partial charge in [-0.1, -0.05) is 13.8 Å². The molecule has 0 saturated carbocycles. The molecule has 1 aromatic rings. The van der Waals surface area contributed by atoms with Gasteiger partial charge in [-0.3, -0.25) is 4.90 Å². The molecule has 0 amide bonds. The normalized spacial score (nSPS) is 19.5. The number of hydrogen-bond donors (Lipinski definition) is 1. The molecule has 106 valence electrons. The molecule has 1 unspecified atom stereocenters. The molecule has 5 nitrogen and oxygen atoms in total. The first-order chi connectivity index (χ1) is 9.16.